The highest BCUT2D eigenvalue weighted by molar-refractivity contribution is 5.76. The van der Waals surface area contributed by atoms with Gasteiger partial charge in [-0.25, -0.2) is 0 Å². The maximum atomic E-state index is 13.9. The molecule has 0 unspecified atom stereocenters. The van der Waals surface area contributed by atoms with E-state index in [1.54, 1.807) is 18.0 Å². The van der Waals surface area contributed by atoms with Crippen LogP contribution in [0.3, 0.4) is 0 Å². The largest absolute Gasteiger partial charge is 0.416 e. The summed E-state index contributed by atoms with van der Waals surface area (Å²) in [6.45, 7) is 5.60. The Morgan fingerprint density at radius 1 is 1.10 bits per heavy atom. The van der Waals surface area contributed by atoms with Crippen molar-refractivity contribution in [1.29, 1.82) is 5.26 Å². The number of benzene rings is 2. The fourth-order valence-electron chi connectivity index (χ4n) is 4.12. The maximum absolute atomic E-state index is 13.9. The second-order valence-corrected chi connectivity index (χ2v) is 8.18. The van der Waals surface area contributed by atoms with E-state index < -0.39 is 17.2 Å². The summed E-state index contributed by atoms with van der Waals surface area (Å²) < 4.78 is 46.8. The Morgan fingerprint density at radius 3 is 2.35 bits per heavy atom. The number of hydrogen-bond donors (Lipinski definition) is 0. The number of nitriles is 1. The number of aryl methyl sites for hydroxylation is 3. The third-order valence-corrected chi connectivity index (χ3v) is 6.07. The average Bonchev–Trinajstić information content (AvgIpc) is 3.46. The minimum absolute atomic E-state index is 0.0702. The Bertz CT molecular complexity index is 1180. The lowest BCUT2D eigenvalue weighted by atomic mass is 9.91. The van der Waals surface area contributed by atoms with Crippen LogP contribution < -0.4 is 4.90 Å². The first-order chi connectivity index (χ1) is 14.6. The molecule has 1 heterocycles. The summed E-state index contributed by atoms with van der Waals surface area (Å²) in [5.41, 5.74) is 2.95. The average molecular weight is 425 g/mol. The second-order valence-electron chi connectivity index (χ2n) is 8.18. The van der Waals surface area contributed by atoms with E-state index in [-0.39, 0.29) is 5.56 Å². The van der Waals surface area contributed by atoms with Crippen molar-refractivity contribution in [2.45, 2.75) is 45.2 Å². The Morgan fingerprint density at radius 2 is 1.81 bits per heavy atom. The minimum Gasteiger partial charge on any atom is -0.361 e. The molecule has 0 aliphatic heterocycles. The van der Waals surface area contributed by atoms with Gasteiger partial charge in [-0.05, 0) is 68.5 Å². The lowest BCUT2D eigenvalue weighted by Crippen LogP contribution is -2.18. The van der Waals surface area contributed by atoms with Crippen molar-refractivity contribution in [2.75, 3.05) is 11.9 Å². The molecule has 1 fully saturated rings. The first-order valence-corrected chi connectivity index (χ1v) is 9.98. The number of halogens is 3. The number of aromatic nitrogens is 1. The van der Waals surface area contributed by atoms with Crippen LogP contribution in [0.25, 0.3) is 11.1 Å². The summed E-state index contributed by atoms with van der Waals surface area (Å²) in [5.74, 6) is 0.685. The third kappa shape index (κ3) is 3.56. The molecule has 0 bridgehead atoms. The van der Waals surface area contributed by atoms with Gasteiger partial charge in [-0.3, -0.25) is 0 Å². The molecule has 4 nitrogen and oxygen atoms in total. The van der Waals surface area contributed by atoms with Crippen LogP contribution in [0.5, 0.6) is 0 Å². The number of hydrogen-bond acceptors (Lipinski definition) is 4. The van der Waals surface area contributed by atoms with Crippen molar-refractivity contribution in [3.05, 3.63) is 64.5 Å². The summed E-state index contributed by atoms with van der Waals surface area (Å²) in [7, 11) is 1.74. The summed E-state index contributed by atoms with van der Waals surface area (Å²) in [6.07, 6.45) is -3.62. The molecule has 0 amide bonds. The highest BCUT2D eigenvalue weighted by Crippen LogP contribution is 2.52. The zero-order valence-electron chi connectivity index (χ0n) is 17.8. The summed E-state index contributed by atoms with van der Waals surface area (Å²) in [4.78, 5) is 1.74. The molecule has 160 valence electrons. The summed E-state index contributed by atoms with van der Waals surface area (Å²) in [6, 6.07) is 12.2. The van der Waals surface area contributed by atoms with E-state index in [0.717, 1.165) is 34.1 Å². The third-order valence-electron chi connectivity index (χ3n) is 6.07. The van der Waals surface area contributed by atoms with E-state index >= 15 is 0 Å². The van der Waals surface area contributed by atoms with Gasteiger partial charge in [0.2, 0.25) is 0 Å². The van der Waals surface area contributed by atoms with Gasteiger partial charge in [-0.15, -0.1) is 0 Å². The van der Waals surface area contributed by atoms with Gasteiger partial charge in [0.1, 0.15) is 5.76 Å². The molecule has 3 aromatic rings. The molecule has 4 rings (SSSR count). The van der Waals surface area contributed by atoms with Crippen molar-refractivity contribution in [3.63, 3.8) is 0 Å². The minimum atomic E-state index is -4.54. The van der Waals surface area contributed by atoms with Crippen molar-refractivity contribution in [1.82, 2.24) is 5.16 Å². The monoisotopic (exact) mass is 425 g/mol. The van der Waals surface area contributed by atoms with Crippen LogP contribution >= 0.6 is 0 Å². The zero-order chi connectivity index (χ0) is 22.6. The lowest BCUT2D eigenvalue weighted by molar-refractivity contribution is -0.138. The number of alkyl halides is 3. The molecule has 1 saturated carbocycles. The highest BCUT2D eigenvalue weighted by atomic mass is 19.4. The van der Waals surface area contributed by atoms with Crippen molar-refractivity contribution in [3.8, 4) is 17.2 Å². The van der Waals surface area contributed by atoms with E-state index in [0.29, 0.717) is 24.3 Å². The SMILES string of the molecule is Cc1ccc(-c2c(C)noc2C)cc1N(C)c1ccc(C2(C#N)CC2)c(C(F)(F)F)c1. The van der Waals surface area contributed by atoms with Gasteiger partial charge in [-0.2, -0.15) is 18.4 Å². The van der Waals surface area contributed by atoms with Gasteiger partial charge in [0.25, 0.3) is 0 Å². The molecule has 0 radical (unpaired) electrons. The molecular weight excluding hydrogens is 403 g/mol. The molecule has 0 spiro atoms. The van der Waals surface area contributed by atoms with Gasteiger partial charge in [0.15, 0.2) is 0 Å². The topological polar surface area (TPSA) is 53.1 Å². The standard InChI is InChI=1S/C24H22F3N3O/c1-14-5-6-17(22-15(2)29-31-16(22)3)11-21(14)30(4)18-7-8-19(23(13-28)9-10-23)20(12-18)24(25,26)27/h5-8,11-12H,9-10H2,1-4H3. The van der Waals surface area contributed by atoms with Gasteiger partial charge >= 0.3 is 6.18 Å². The molecule has 7 heteroatoms. The first-order valence-electron chi connectivity index (χ1n) is 9.98. The first kappa shape index (κ1) is 21.0. The van der Waals surface area contributed by atoms with Gasteiger partial charge < -0.3 is 9.42 Å². The number of nitrogens with zero attached hydrogens (tertiary/aromatic N) is 3. The van der Waals surface area contributed by atoms with Crippen LogP contribution in [0.15, 0.2) is 40.9 Å². The van der Waals surface area contributed by atoms with E-state index in [2.05, 4.69) is 11.2 Å². The van der Waals surface area contributed by atoms with E-state index in [4.69, 9.17) is 4.52 Å². The molecule has 0 atom stereocenters. The molecular formula is C24H22F3N3O. The zero-order valence-corrected chi connectivity index (χ0v) is 17.8. The van der Waals surface area contributed by atoms with E-state index in [9.17, 15) is 18.4 Å². The quantitative estimate of drug-likeness (QED) is 0.472. The Hall–Kier alpha value is -3.27. The van der Waals surface area contributed by atoms with Crippen LogP contribution in [-0.2, 0) is 11.6 Å². The number of anilines is 2. The second kappa shape index (κ2) is 7.16. The smallest absolute Gasteiger partial charge is 0.361 e. The summed E-state index contributed by atoms with van der Waals surface area (Å²) >= 11 is 0. The molecule has 1 aliphatic carbocycles. The van der Waals surface area contributed by atoms with Crippen LogP contribution in [0.2, 0.25) is 0 Å². The number of rotatable bonds is 4. The van der Waals surface area contributed by atoms with Crippen LogP contribution in [0.4, 0.5) is 24.5 Å². The maximum Gasteiger partial charge on any atom is 0.416 e. The van der Waals surface area contributed by atoms with Crippen LogP contribution in [0.1, 0.15) is 41.0 Å². The lowest BCUT2D eigenvalue weighted by Gasteiger charge is -2.25. The molecule has 2 aromatic carbocycles. The van der Waals surface area contributed by atoms with Gasteiger partial charge in [0, 0.05) is 24.0 Å². The fraction of sp³-hybridized carbons (Fsp3) is 0.333. The highest BCUT2D eigenvalue weighted by Gasteiger charge is 2.50. The predicted molar refractivity (Wildman–Crippen MR) is 112 cm³/mol. The van der Waals surface area contributed by atoms with E-state index in [1.165, 1.54) is 6.07 Å². The van der Waals surface area contributed by atoms with Gasteiger partial charge in [-0.1, -0.05) is 23.4 Å². The molecule has 1 aromatic heterocycles. The fourth-order valence-corrected chi connectivity index (χ4v) is 4.12. The molecule has 0 N–H and O–H groups in total. The molecule has 0 saturated heterocycles. The van der Waals surface area contributed by atoms with Crippen molar-refractivity contribution < 1.29 is 17.7 Å². The van der Waals surface area contributed by atoms with Crippen LogP contribution in [-0.4, -0.2) is 12.2 Å². The molecule has 31 heavy (non-hydrogen) atoms. The van der Waals surface area contributed by atoms with E-state index in [1.807, 2.05) is 39.0 Å². The Balaban J connectivity index is 1.79. The van der Waals surface area contributed by atoms with Crippen LogP contribution in [0, 0.1) is 32.1 Å². The van der Waals surface area contributed by atoms with Crippen molar-refractivity contribution in [2.24, 2.45) is 0 Å². The normalized spacial score (nSPS) is 14.9. The molecule has 1 aliphatic rings. The Kier molecular flexibility index (Phi) is 4.84. The van der Waals surface area contributed by atoms with Crippen molar-refractivity contribution >= 4 is 11.4 Å². The predicted octanol–water partition coefficient (Wildman–Crippen LogP) is 6.61. The Labute approximate surface area is 178 Å². The van der Waals surface area contributed by atoms with Gasteiger partial charge in [0.05, 0.1) is 22.7 Å². The summed E-state index contributed by atoms with van der Waals surface area (Å²) in [5, 5.41) is 13.4.